The van der Waals surface area contributed by atoms with E-state index in [0.717, 1.165) is 27.8 Å². The van der Waals surface area contributed by atoms with Crippen molar-refractivity contribution >= 4 is 10.8 Å². The summed E-state index contributed by atoms with van der Waals surface area (Å²) in [4.78, 5) is 4.47. The highest BCUT2D eigenvalue weighted by atomic mass is 16.5. The first kappa shape index (κ1) is 16.8. The minimum absolute atomic E-state index is 0.0646. The molecule has 2 aromatic heterocycles. The van der Waals surface area contributed by atoms with E-state index in [1.54, 1.807) is 17.2 Å². The molecule has 4 aromatic rings. The molecule has 1 unspecified atom stereocenters. The zero-order chi connectivity index (χ0) is 19.1. The van der Waals surface area contributed by atoms with Crippen LogP contribution in [0.15, 0.2) is 65.5 Å². The molecule has 0 fully saturated rings. The van der Waals surface area contributed by atoms with Crippen LogP contribution in [0.5, 0.6) is 11.6 Å². The van der Waals surface area contributed by atoms with E-state index in [2.05, 4.69) is 17.1 Å². The second kappa shape index (κ2) is 6.65. The van der Waals surface area contributed by atoms with Crippen LogP contribution in [0.1, 0.15) is 29.2 Å². The van der Waals surface area contributed by atoms with Gasteiger partial charge in [0.15, 0.2) is 0 Å². The van der Waals surface area contributed by atoms with Crippen LogP contribution in [0, 0.1) is 5.41 Å². The molecule has 1 atom stereocenters. The predicted molar refractivity (Wildman–Crippen MR) is 103 cm³/mol. The Labute approximate surface area is 161 Å². The average molecular weight is 373 g/mol. The largest absolute Gasteiger partial charge is 0.468 e. The molecule has 0 amide bonds. The zero-order valence-corrected chi connectivity index (χ0v) is 15.1. The molecule has 2 N–H and O–H groups in total. The second-order valence-electron chi connectivity index (χ2n) is 6.83. The van der Waals surface area contributed by atoms with E-state index in [1.807, 2.05) is 36.4 Å². The van der Waals surface area contributed by atoms with Gasteiger partial charge in [-0.2, -0.15) is 0 Å². The minimum atomic E-state index is -0.290. The van der Waals surface area contributed by atoms with E-state index in [0.29, 0.717) is 29.9 Å². The van der Waals surface area contributed by atoms with Crippen molar-refractivity contribution in [3.8, 4) is 11.6 Å². The van der Waals surface area contributed by atoms with Crippen molar-refractivity contribution < 1.29 is 14.3 Å². The summed E-state index contributed by atoms with van der Waals surface area (Å²) in [6, 6.07) is 15.9. The normalized spacial score (nSPS) is 15.1. The maximum Gasteiger partial charge on any atom is 0.228 e. The summed E-state index contributed by atoms with van der Waals surface area (Å²) in [5.41, 5.74) is 1.98. The second-order valence-corrected chi connectivity index (χ2v) is 6.83. The fourth-order valence-corrected chi connectivity index (χ4v) is 3.91. The van der Waals surface area contributed by atoms with Gasteiger partial charge in [-0.15, -0.1) is 0 Å². The van der Waals surface area contributed by atoms with E-state index in [4.69, 9.17) is 14.6 Å². The maximum atomic E-state index is 9.17. The topological polar surface area (TPSA) is 84.3 Å². The molecule has 0 bridgehead atoms. The predicted octanol–water partition coefficient (Wildman–Crippen LogP) is 3.78. The number of rotatable bonds is 4. The summed E-state index contributed by atoms with van der Waals surface area (Å²) in [5, 5.41) is 20.1. The number of aryl methyl sites for hydroxylation is 1. The standard InChI is InChI=1S/C22H19N3O3/c23-21-20-19(16-7-3-12-27-16)18-15-6-2-1-5-14(15)8-9-17(18)28-22(20)24-13-25(21)10-4-11-26/h1-3,5-9,12-13,19,23,26H,4,10-11H2. The molecule has 0 radical (unpaired) electrons. The first-order chi connectivity index (χ1) is 13.8. The van der Waals surface area contributed by atoms with Crippen LogP contribution in [0.2, 0.25) is 0 Å². The Morgan fingerprint density at radius 2 is 1.96 bits per heavy atom. The van der Waals surface area contributed by atoms with Crippen LogP contribution in [0.25, 0.3) is 10.8 Å². The lowest BCUT2D eigenvalue weighted by Crippen LogP contribution is -2.30. The van der Waals surface area contributed by atoms with Gasteiger partial charge in [0.1, 0.15) is 23.3 Å². The molecule has 0 aliphatic carbocycles. The maximum absolute atomic E-state index is 9.17. The van der Waals surface area contributed by atoms with Gasteiger partial charge < -0.3 is 18.8 Å². The lowest BCUT2D eigenvalue weighted by Gasteiger charge is -2.28. The van der Waals surface area contributed by atoms with Gasteiger partial charge in [-0.25, -0.2) is 4.98 Å². The van der Waals surface area contributed by atoms with Gasteiger partial charge in [0.05, 0.1) is 17.7 Å². The lowest BCUT2D eigenvalue weighted by molar-refractivity contribution is 0.277. The molecule has 0 spiro atoms. The Kier molecular flexibility index (Phi) is 3.98. The summed E-state index contributed by atoms with van der Waals surface area (Å²) in [6.45, 7) is 0.581. The van der Waals surface area contributed by atoms with Crippen LogP contribution < -0.4 is 10.2 Å². The quantitative estimate of drug-likeness (QED) is 0.502. The number of nitrogens with zero attached hydrogens (tertiary/aromatic N) is 2. The molecule has 3 heterocycles. The van der Waals surface area contributed by atoms with Gasteiger partial charge in [0, 0.05) is 18.7 Å². The van der Waals surface area contributed by atoms with E-state index in [9.17, 15) is 5.11 Å². The summed E-state index contributed by atoms with van der Waals surface area (Å²) in [7, 11) is 0. The molecule has 1 aliphatic heterocycles. The van der Waals surface area contributed by atoms with Crippen LogP contribution in [0.3, 0.4) is 0 Å². The molecule has 140 valence electrons. The van der Waals surface area contributed by atoms with Gasteiger partial charge in [0.25, 0.3) is 0 Å². The van der Waals surface area contributed by atoms with Gasteiger partial charge in [-0.05, 0) is 35.4 Å². The number of hydrogen-bond donors (Lipinski definition) is 2. The number of furan rings is 1. The SMILES string of the molecule is N=c1c2c(ncn1CCCO)Oc1ccc3ccccc3c1C2c1ccco1. The van der Waals surface area contributed by atoms with E-state index < -0.39 is 0 Å². The van der Waals surface area contributed by atoms with Crippen molar-refractivity contribution in [1.82, 2.24) is 9.55 Å². The first-order valence-corrected chi connectivity index (χ1v) is 9.25. The van der Waals surface area contributed by atoms with Crippen LogP contribution in [-0.4, -0.2) is 21.3 Å². The highest BCUT2D eigenvalue weighted by Crippen LogP contribution is 2.47. The van der Waals surface area contributed by atoms with Gasteiger partial charge in [-0.3, -0.25) is 5.41 Å². The minimum Gasteiger partial charge on any atom is -0.468 e. The molecule has 6 heteroatoms. The van der Waals surface area contributed by atoms with Gasteiger partial charge in [-0.1, -0.05) is 30.3 Å². The lowest BCUT2D eigenvalue weighted by atomic mass is 9.84. The van der Waals surface area contributed by atoms with Crippen LogP contribution in [-0.2, 0) is 6.54 Å². The van der Waals surface area contributed by atoms with E-state index in [1.165, 1.54) is 0 Å². The van der Waals surface area contributed by atoms with E-state index in [-0.39, 0.29) is 12.5 Å². The highest BCUT2D eigenvalue weighted by molar-refractivity contribution is 5.90. The Hall–Kier alpha value is -3.38. The molecular formula is C22H19N3O3. The summed E-state index contributed by atoms with van der Waals surface area (Å²) in [5.74, 6) is 1.61. The molecule has 2 aromatic carbocycles. The van der Waals surface area contributed by atoms with Crippen molar-refractivity contribution in [2.45, 2.75) is 18.9 Å². The average Bonchev–Trinajstić information content (AvgIpc) is 3.26. The van der Waals surface area contributed by atoms with Crippen LogP contribution in [0.4, 0.5) is 0 Å². The zero-order valence-electron chi connectivity index (χ0n) is 15.1. The number of ether oxygens (including phenoxy) is 1. The third-order valence-corrected chi connectivity index (χ3v) is 5.19. The number of benzene rings is 2. The Morgan fingerprint density at radius 3 is 2.79 bits per heavy atom. The number of fused-ring (bicyclic) bond motifs is 4. The van der Waals surface area contributed by atoms with E-state index >= 15 is 0 Å². The number of aliphatic hydroxyl groups is 1. The number of aromatic nitrogens is 2. The van der Waals surface area contributed by atoms with Crippen molar-refractivity contribution in [2.75, 3.05) is 6.61 Å². The summed E-state index contributed by atoms with van der Waals surface area (Å²) >= 11 is 0. The Balaban J connectivity index is 1.80. The molecule has 28 heavy (non-hydrogen) atoms. The first-order valence-electron chi connectivity index (χ1n) is 9.25. The summed E-state index contributed by atoms with van der Waals surface area (Å²) < 4.78 is 13.7. The van der Waals surface area contributed by atoms with Crippen LogP contribution >= 0.6 is 0 Å². The van der Waals surface area contributed by atoms with Crippen molar-refractivity contribution in [3.63, 3.8) is 0 Å². The molecule has 0 saturated heterocycles. The van der Waals surface area contributed by atoms with Gasteiger partial charge in [0.2, 0.25) is 5.88 Å². The highest BCUT2D eigenvalue weighted by Gasteiger charge is 2.35. The van der Waals surface area contributed by atoms with Crippen molar-refractivity contribution in [1.29, 1.82) is 5.41 Å². The van der Waals surface area contributed by atoms with Crippen molar-refractivity contribution in [3.05, 3.63) is 83.5 Å². The van der Waals surface area contributed by atoms with Gasteiger partial charge >= 0.3 is 0 Å². The fraction of sp³-hybridized carbons (Fsp3) is 0.182. The molecule has 1 aliphatic rings. The smallest absolute Gasteiger partial charge is 0.228 e. The molecule has 6 nitrogen and oxygen atoms in total. The monoisotopic (exact) mass is 373 g/mol. The fourth-order valence-electron chi connectivity index (χ4n) is 3.91. The molecular weight excluding hydrogens is 354 g/mol. The number of aliphatic hydroxyl groups excluding tert-OH is 1. The molecule has 0 saturated carbocycles. The third kappa shape index (κ3) is 2.53. The Morgan fingerprint density at radius 1 is 1.07 bits per heavy atom. The molecule has 5 rings (SSSR count). The van der Waals surface area contributed by atoms with Crippen molar-refractivity contribution in [2.24, 2.45) is 0 Å². The number of hydrogen-bond acceptors (Lipinski definition) is 5. The summed E-state index contributed by atoms with van der Waals surface area (Å²) in [6.07, 6.45) is 3.81. The Bertz CT molecular complexity index is 1210. The third-order valence-electron chi connectivity index (χ3n) is 5.19. The number of nitrogens with one attached hydrogen (secondary N) is 1.